The number of esters is 1. The highest BCUT2D eigenvalue weighted by Gasteiger charge is 2.36. The molecule has 6 heteroatoms. The number of allylic oxidation sites excluding steroid dienone is 1. The number of ether oxygens (including phenoxy) is 2. The second-order valence-electron chi connectivity index (χ2n) is 5.39. The molecule has 1 unspecified atom stereocenters. The molecule has 0 fully saturated rings. The monoisotopic (exact) mass is 388 g/mol. The van der Waals surface area contributed by atoms with Crippen LogP contribution in [0, 0.1) is 0 Å². The molecule has 1 atom stereocenters. The first-order valence-electron chi connectivity index (χ1n) is 7.42. The predicted molar refractivity (Wildman–Crippen MR) is 95.1 cm³/mol. The minimum atomic E-state index is -0.377. The first-order chi connectivity index (χ1) is 11.6. The third kappa shape index (κ3) is 2.67. The van der Waals surface area contributed by atoms with Crippen LogP contribution < -0.4 is 10.1 Å². The molecule has 24 heavy (non-hydrogen) atoms. The van der Waals surface area contributed by atoms with E-state index in [1.165, 1.54) is 7.11 Å². The van der Waals surface area contributed by atoms with E-state index in [4.69, 9.17) is 9.47 Å². The third-order valence-electron chi connectivity index (χ3n) is 4.07. The van der Waals surface area contributed by atoms with Gasteiger partial charge in [-0.25, -0.2) is 9.78 Å². The zero-order chi connectivity index (χ0) is 17.3. The van der Waals surface area contributed by atoms with Gasteiger partial charge < -0.3 is 14.8 Å². The van der Waals surface area contributed by atoms with Gasteiger partial charge in [0.25, 0.3) is 0 Å². The number of carbonyl (C=O) groups excluding carboxylic acids is 1. The van der Waals surface area contributed by atoms with E-state index >= 15 is 0 Å². The Kier molecular flexibility index (Phi) is 4.57. The van der Waals surface area contributed by atoms with Crippen molar-refractivity contribution in [2.45, 2.75) is 12.8 Å². The number of carbonyl (C=O) groups is 1. The molecule has 1 aromatic carbocycles. The van der Waals surface area contributed by atoms with Crippen molar-refractivity contribution in [1.29, 1.82) is 0 Å². The Morgan fingerprint density at radius 1 is 1.25 bits per heavy atom. The SMILES string of the molecule is COC(=O)C1=C(C)Nc2ccnc(OC)c2C1c1ccccc1Br. The van der Waals surface area contributed by atoms with Crippen molar-refractivity contribution in [3.8, 4) is 5.88 Å². The van der Waals surface area contributed by atoms with Crippen molar-refractivity contribution in [2.24, 2.45) is 0 Å². The third-order valence-corrected chi connectivity index (χ3v) is 4.79. The molecule has 0 amide bonds. The van der Waals surface area contributed by atoms with E-state index in [0.29, 0.717) is 11.5 Å². The molecule has 0 saturated heterocycles. The van der Waals surface area contributed by atoms with Crippen LogP contribution in [0.4, 0.5) is 5.69 Å². The van der Waals surface area contributed by atoms with Gasteiger partial charge in [-0.1, -0.05) is 34.1 Å². The molecule has 1 aliphatic heterocycles. The number of methoxy groups -OCH3 is 2. The first kappa shape index (κ1) is 16.5. The van der Waals surface area contributed by atoms with Crippen molar-refractivity contribution in [3.05, 3.63) is 63.4 Å². The molecule has 1 aromatic heterocycles. The van der Waals surface area contributed by atoms with Gasteiger partial charge in [0.2, 0.25) is 5.88 Å². The quantitative estimate of drug-likeness (QED) is 0.808. The van der Waals surface area contributed by atoms with Gasteiger partial charge in [-0.05, 0) is 24.6 Å². The highest BCUT2D eigenvalue weighted by Crippen LogP contribution is 2.47. The number of halogens is 1. The number of hydrogen-bond acceptors (Lipinski definition) is 5. The van der Waals surface area contributed by atoms with Crippen LogP contribution in [0.5, 0.6) is 5.88 Å². The summed E-state index contributed by atoms with van der Waals surface area (Å²) < 4.78 is 11.4. The van der Waals surface area contributed by atoms with Gasteiger partial charge in [0.15, 0.2) is 0 Å². The zero-order valence-corrected chi connectivity index (χ0v) is 15.2. The molecule has 0 spiro atoms. The Labute approximate surface area is 148 Å². The van der Waals surface area contributed by atoms with Gasteiger partial charge in [-0.2, -0.15) is 0 Å². The standard InChI is InChI=1S/C18H17BrN2O3/c1-10-14(18(22)24-3)15(11-6-4-5-7-12(11)19)16-13(21-10)8-9-20-17(16)23-2/h4-9,15,21H,1-3H3. The highest BCUT2D eigenvalue weighted by atomic mass is 79.9. The van der Waals surface area contributed by atoms with Crippen LogP contribution in [-0.2, 0) is 9.53 Å². The molecule has 124 valence electrons. The summed E-state index contributed by atoms with van der Waals surface area (Å²) in [4.78, 5) is 16.8. The molecule has 1 aliphatic rings. The molecule has 0 saturated carbocycles. The lowest BCUT2D eigenvalue weighted by atomic mass is 9.81. The van der Waals surface area contributed by atoms with Crippen LogP contribution in [0.25, 0.3) is 0 Å². The normalized spacial score (nSPS) is 16.2. The summed E-state index contributed by atoms with van der Waals surface area (Å²) in [6.07, 6.45) is 1.68. The van der Waals surface area contributed by atoms with E-state index in [0.717, 1.165) is 27.0 Å². The van der Waals surface area contributed by atoms with Crippen molar-refractivity contribution < 1.29 is 14.3 Å². The Morgan fingerprint density at radius 3 is 2.67 bits per heavy atom. The van der Waals surface area contributed by atoms with Gasteiger partial charge >= 0.3 is 5.97 Å². The topological polar surface area (TPSA) is 60.5 Å². The number of aromatic nitrogens is 1. The maximum atomic E-state index is 12.5. The lowest BCUT2D eigenvalue weighted by Crippen LogP contribution is -2.24. The number of nitrogens with one attached hydrogen (secondary N) is 1. The van der Waals surface area contributed by atoms with Crippen LogP contribution >= 0.6 is 15.9 Å². The lowest BCUT2D eigenvalue weighted by Gasteiger charge is -2.31. The summed E-state index contributed by atoms with van der Waals surface area (Å²) >= 11 is 3.59. The number of benzene rings is 1. The predicted octanol–water partition coefficient (Wildman–Crippen LogP) is 3.86. The molecule has 5 nitrogen and oxygen atoms in total. The van der Waals surface area contributed by atoms with Crippen molar-refractivity contribution in [3.63, 3.8) is 0 Å². The van der Waals surface area contributed by atoms with E-state index < -0.39 is 0 Å². The highest BCUT2D eigenvalue weighted by molar-refractivity contribution is 9.10. The fourth-order valence-electron chi connectivity index (χ4n) is 3.04. The van der Waals surface area contributed by atoms with E-state index in [2.05, 4.69) is 26.2 Å². The largest absolute Gasteiger partial charge is 0.481 e. The molecule has 2 aromatic rings. The average Bonchev–Trinajstić information content (AvgIpc) is 2.60. The summed E-state index contributed by atoms with van der Waals surface area (Å²) in [7, 11) is 2.96. The molecule has 0 bridgehead atoms. The zero-order valence-electron chi connectivity index (χ0n) is 13.6. The fraction of sp³-hybridized carbons (Fsp3) is 0.222. The van der Waals surface area contributed by atoms with Crippen molar-refractivity contribution in [1.82, 2.24) is 4.98 Å². The molecule has 1 N–H and O–H groups in total. The smallest absolute Gasteiger partial charge is 0.336 e. The summed E-state index contributed by atoms with van der Waals surface area (Å²) in [5.74, 6) is -0.236. The van der Waals surface area contributed by atoms with Gasteiger partial charge in [0, 0.05) is 27.6 Å². The molecule has 3 rings (SSSR count). The molecule has 0 aliphatic carbocycles. The summed E-state index contributed by atoms with van der Waals surface area (Å²) in [6.45, 7) is 1.87. The number of rotatable bonds is 3. The minimum Gasteiger partial charge on any atom is -0.481 e. The number of nitrogens with zero attached hydrogens (tertiary/aromatic N) is 1. The minimum absolute atomic E-state index is 0.340. The van der Waals surface area contributed by atoms with E-state index in [1.54, 1.807) is 13.3 Å². The van der Waals surface area contributed by atoms with E-state index in [-0.39, 0.29) is 11.9 Å². The Bertz CT molecular complexity index is 833. The summed E-state index contributed by atoms with van der Waals surface area (Å²) in [6, 6.07) is 9.68. The van der Waals surface area contributed by atoms with Crippen LogP contribution in [0.1, 0.15) is 24.0 Å². The van der Waals surface area contributed by atoms with Gasteiger partial charge in [0.05, 0.1) is 25.7 Å². The molecular weight excluding hydrogens is 372 g/mol. The fourth-order valence-corrected chi connectivity index (χ4v) is 3.55. The first-order valence-corrected chi connectivity index (χ1v) is 8.21. The van der Waals surface area contributed by atoms with Gasteiger partial charge in [-0.3, -0.25) is 0 Å². The number of anilines is 1. The van der Waals surface area contributed by atoms with E-state index in [1.807, 2.05) is 37.3 Å². The number of fused-ring (bicyclic) bond motifs is 1. The Morgan fingerprint density at radius 2 is 2.00 bits per heavy atom. The summed E-state index contributed by atoms with van der Waals surface area (Å²) in [5.41, 5.74) is 3.93. The molecular formula is C18H17BrN2O3. The average molecular weight is 389 g/mol. The van der Waals surface area contributed by atoms with Crippen molar-refractivity contribution >= 4 is 27.6 Å². The number of hydrogen-bond donors (Lipinski definition) is 1. The maximum absolute atomic E-state index is 12.5. The second-order valence-corrected chi connectivity index (χ2v) is 6.25. The Hall–Kier alpha value is -2.34. The van der Waals surface area contributed by atoms with Crippen molar-refractivity contribution in [2.75, 3.05) is 19.5 Å². The summed E-state index contributed by atoms with van der Waals surface area (Å²) in [5, 5.41) is 3.26. The van der Waals surface area contributed by atoms with Crippen LogP contribution in [0.2, 0.25) is 0 Å². The lowest BCUT2D eigenvalue weighted by molar-refractivity contribution is -0.136. The van der Waals surface area contributed by atoms with Gasteiger partial charge in [-0.15, -0.1) is 0 Å². The van der Waals surface area contributed by atoms with Crippen LogP contribution in [-0.4, -0.2) is 25.2 Å². The number of pyridine rings is 1. The van der Waals surface area contributed by atoms with E-state index in [9.17, 15) is 4.79 Å². The second kappa shape index (κ2) is 6.65. The molecule has 2 heterocycles. The Balaban J connectivity index is 2.32. The molecule has 0 radical (unpaired) electrons. The maximum Gasteiger partial charge on any atom is 0.336 e. The van der Waals surface area contributed by atoms with Gasteiger partial charge in [0.1, 0.15) is 0 Å². The van der Waals surface area contributed by atoms with Crippen LogP contribution in [0.15, 0.2) is 52.3 Å². The van der Waals surface area contributed by atoms with Crippen LogP contribution in [0.3, 0.4) is 0 Å².